The second-order valence-electron chi connectivity index (χ2n) is 4.92. The molecule has 2 rings (SSSR count). The number of carbonyl (C=O) groups excluding carboxylic acids is 1. The van der Waals surface area contributed by atoms with Crippen LogP contribution >= 0.6 is 0 Å². The summed E-state index contributed by atoms with van der Waals surface area (Å²) < 4.78 is 62.8. The van der Waals surface area contributed by atoms with Crippen LogP contribution in [0.4, 0.5) is 18.9 Å². The van der Waals surface area contributed by atoms with Crippen LogP contribution in [0, 0.1) is 6.92 Å². The number of amides is 1. The van der Waals surface area contributed by atoms with Gasteiger partial charge in [0.05, 0.1) is 0 Å². The molecule has 122 valence electrons. The molecule has 1 aliphatic heterocycles. The number of benzene rings is 1. The van der Waals surface area contributed by atoms with Gasteiger partial charge in [0.25, 0.3) is 0 Å². The van der Waals surface area contributed by atoms with Crippen LogP contribution in [0.5, 0.6) is 5.75 Å². The number of carbonyl (C=O) groups is 1. The molecular formula is C12H13F3N2O4S. The maximum Gasteiger partial charge on any atom is 0.573 e. The Morgan fingerprint density at radius 1 is 1.36 bits per heavy atom. The van der Waals surface area contributed by atoms with Gasteiger partial charge in [0, 0.05) is 18.7 Å². The van der Waals surface area contributed by atoms with E-state index in [1.807, 2.05) is 0 Å². The molecule has 1 saturated heterocycles. The summed E-state index contributed by atoms with van der Waals surface area (Å²) in [4.78, 5) is 13.1. The number of halogens is 3. The largest absolute Gasteiger partial charge is 0.573 e. The quantitative estimate of drug-likeness (QED) is 0.899. The van der Waals surface area contributed by atoms with Gasteiger partial charge in [-0.2, -0.15) is 0 Å². The van der Waals surface area contributed by atoms with E-state index >= 15 is 0 Å². The summed E-state index contributed by atoms with van der Waals surface area (Å²) in [6, 6.07) is 3.47. The normalized spacial score (nSPS) is 19.6. The van der Waals surface area contributed by atoms with Crippen molar-refractivity contribution < 1.29 is 31.1 Å². The highest BCUT2D eigenvalue weighted by atomic mass is 32.2. The van der Waals surface area contributed by atoms with Crippen molar-refractivity contribution in [2.24, 2.45) is 5.14 Å². The molecule has 10 heteroatoms. The van der Waals surface area contributed by atoms with Gasteiger partial charge in [-0.25, -0.2) is 13.6 Å². The third-order valence-electron chi connectivity index (χ3n) is 3.25. The van der Waals surface area contributed by atoms with Crippen LogP contribution in [0.2, 0.25) is 0 Å². The van der Waals surface area contributed by atoms with E-state index in [1.54, 1.807) is 0 Å². The predicted octanol–water partition coefficient (Wildman–Crippen LogP) is 1.29. The SMILES string of the molecule is Cc1cc(OC(F)(F)F)ccc1N1CC(S(N)(=O)=O)CC1=O. The van der Waals surface area contributed by atoms with Crippen LogP contribution < -0.4 is 14.8 Å². The predicted molar refractivity (Wildman–Crippen MR) is 71.7 cm³/mol. The van der Waals surface area contributed by atoms with Crippen molar-refractivity contribution in [3.05, 3.63) is 23.8 Å². The lowest BCUT2D eigenvalue weighted by Gasteiger charge is -2.20. The zero-order valence-electron chi connectivity index (χ0n) is 11.4. The van der Waals surface area contributed by atoms with Crippen LogP contribution in [0.1, 0.15) is 12.0 Å². The Bertz CT molecular complexity index is 703. The third-order valence-corrected chi connectivity index (χ3v) is 4.49. The van der Waals surface area contributed by atoms with Crippen LogP contribution in [0.15, 0.2) is 18.2 Å². The number of hydrogen-bond acceptors (Lipinski definition) is 4. The Kier molecular flexibility index (Phi) is 4.09. The number of alkyl halides is 3. The Hall–Kier alpha value is -1.81. The highest BCUT2D eigenvalue weighted by molar-refractivity contribution is 7.89. The maximum absolute atomic E-state index is 12.2. The van der Waals surface area contributed by atoms with Crippen molar-refractivity contribution in [3.8, 4) is 5.75 Å². The van der Waals surface area contributed by atoms with Gasteiger partial charge in [-0.15, -0.1) is 13.2 Å². The number of hydrogen-bond donors (Lipinski definition) is 1. The summed E-state index contributed by atoms with van der Waals surface area (Å²) >= 11 is 0. The van der Waals surface area contributed by atoms with Gasteiger partial charge in [-0.05, 0) is 30.7 Å². The number of nitrogens with two attached hydrogens (primary N) is 1. The van der Waals surface area contributed by atoms with E-state index in [4.69, 9.17) is 5.14 Å². The van der Waals surface area contributed by atoms with E-state index in [0.29, 0.717) is 11.3 Å². The van der Waals surface area contributed by atoms with E-state index in [0.717, 1.165) is 12.1 Å². The van der Waals surface area contributed by atoms with Gasteiger partial charge in [0.15, 0.2) is 0 Å². The minimum atomic E-state index is -4.81. The lowest BCUT2D eigenvalue weighted by atomic mass is 10.1. The molecule has 22 heavy (non-hydrogen) atoms. The summed E-state index contributed by atoms with van der Waals surface area (Å²) in [5, 5.41) is 4.00. The second kappa shape index (κ2) is 5.43. The van der Waals surface area contributed by atoms with Crippen molar-refractivity contribution >= 4 is 21.6 Å². The summed E-state index contributed by atoms with van der Waals surface area (Å²) in [5.41, 5.74) is 0.677. The Morgan fingerprint density at radius 2 is 2.00 bits per heavy atom. The van der Waals surface area contributed by atoms with Crippen LogP contribution in [-0.4, -0.2) is 32.5 Å². The number of primary sulfonamides is 1. The molecule has 1 aliphatic rings. The lowest BCUT2D eigenvalue weighted by Crippen LogP contribution is -2.32. The molecule has 0 bridgehead atoms. The molecule has 6 nitrogen and oxygen atoms in total. The lowest BCUT2D eigenvalue weighted by molar-refractivity contribution is -0.274. The van der Waals surface area contributed by atoms with E-state index < -0.39 is 33.3 Å². The van der Waals surface area contributed by atoms with Crippen molar-refractivity contribution in [1.29, 1.82) is 0 Å². The first-order valence-electron chi connectivity index (χ1n) is 6.16. The van der Waals surface area contributed by atoms with Crippen LogP contribution in [0.25, 0.3) is 0 Å². The third kappa shape index (κ3) is 3.69. The van der Waals surface area contributed by atoms with Gasteiger partial charge in [-0.3, -0.25) is 4.79 Å². The fourth-order valence-electron chi connectivity index (χ4n) is 2.26. The molecule has 0 radical (unpaired) electrons. The van der Waals surface area contributed by atoms with Gasteiger partial charge in [-0.1, -0.05) is 0 Å². The molecule has 1 heterocycles. The summed E-state index contributed by atoms with van der Waals surface area (Å²) in [5.74, 6) is -0.866. The van der Waals surface area contributed by atoms with E-state index in [1.165, 1.54) is 17.9 Å². The standard InChI is InChI=1S/C12H13F3N2O4S/c1-7-4-8(21-12(13,14)15)2-3-10(7)17-6-9(5-11(17)18)22(16,19)20/h2-4,9H,5-6H2,1H3,(H2,16,19,20). The molecule has 0 aromatic heterocycles. The molecule has 1 amide bonds. The number of anilines is 1. The fraction of sp³-hybridized carbons (Fsp3) is 0.417. The smallest absolute Gasteiger partial charge is 0.406 e. The Morgan fingerprint density at radius 3 is 2.45 bits per heavy atom. The number of sulfonamides is 1. The monoisotopic (exact) mass is 338 g/mol. The molecule has 1 fully saturated rings. The number of ether oxygens (including phenoxy) is 1. The van der Waals surface area contributed by atoms with Crippen molar-refractivity contribution in [2.45, 2.75) is 25.0 Å². The van der Waals surface area contributed by atoms with Gasteiger partial charge >= 0.3 is 6.36 Å². The molecule has 1 aromatic rings. The van der Waals surface area contributed by atoms with E-state index in [-0.39, 0.29) is 13.0 Å². The molecular weight excluding hydrogens is 325 g/mol. The maximum atomic E-state index is 12.2. The molecule has 0 spiro atoms. The van der Waals surface area contributed by atoms with Crippen molar-refractivity contribution in [2.75, 3.05) is 11.4 Å². The minimum absolute atomic E-state index is 0.127. The number of rotatable bonds is 3. The second-order valence-corrected chi connectivity index (χ2v) is 6.76. The topological polar surface area (TPSA) is 89.7 Å². The average Bonchev–Trinajstić information content (AvgIpc) is 2.69. The first-order chi connectivity index (χ1) is 9.97. The van der Waals surface area contributed by atoms with Crippen molar-refractivity contribution in [3.63, 3.8) is 0 Å². The summed E-state index contributed by atoms with van der Waals surface area (Å²) in [6.07, 6.45) is -5.06. The molecule has 2 N–H and O–H groups in total. The summed E-state index contributed by atoms with van der Waals surface area (Å²) in [6.45, 7) is 1.37. The van der Waals surface area contributed by atoms with E-state index in [2.05, 4.69) is 4.74 Å². The molecule has 1 aromatic carbocycles. The number of aryl methyl sites for hydroxylation is 1. The molecule has 1 unspecified atom stereocenters. The van der Waals surface area contributed by atoms with E-state index in [9.17, 15) is 26.4 Å². The highest BCUT2D eigenvalue weighted by Crippen LogP contribution is 2.31. The van der Waals surface area contributed by atoms with Crippen molar-refractivity contribution in [1.82, 2.24) is 0 Å². The van der Waals surface area contributed by atoms with Gasteiger partial charge in [0.2, 0.25) is 15.9 Å². The molecule has 0 saturated carbocycles. The number of nitrogens with zero attached hydrogens (tertiary/aromatic N) is 1. The van der Waals surface area contributed by atoms with Crippen LogP contribution in [0.3, 0.4) is 0 Å². The molecule has 1 atom stereocenters. The first-order valence-corrected chi connectivity index (χ1v) is 7.77. The zero-order chi connectivity index (χ0) is 16.7. The molecule has 0 aliphatic carbocycles. The highest BCUT2D eigenvalue weighted by Gasteiger charge is 2.38. The van der Waals surface area contributed by atoms with Crippen LogP contribution in [-0.2, 0) is 14.8 Å². The van der Waals surface area contributed by atoms with Gasteiger partial charge in [0.1, 0.15) is 11.0 Å². The average molecular weight is 338 g/mol. The fourth-order valence-corrected chi connectivity index (χ4v) is 2.99. The Balaban J connectivity index is 2.25. The zero-order valence-corrected chi connectivity index (χ0v) is 12.2. The van der Waals surface area contributed by atoms with Gasteiger partial charge < -0.3 is 9.64 Å². The first kappa shape index (κ1) is 16.6. The minimum Gasteiger partial charge on any atom is -0.406 e. The summed E-state index contributed by atoms with van der Waals surface area (Å²) in [7, 11) is -3.86. The Labute approximate surface area is 124 Å².